The fourth-order valence-corrected chi connectivity index (χ4v) is 6.21. The Morgan fingerprint density at radius 3 is 1.91 bits per heavy atom. The number of hydrogen-bond acceptors (Lipinski definition) is 3. The van der Waals surface area contributed by atoms with Crippen molar-refractivity contribution >= 4 is 87.4 Å². The Labute approximate surface area is 200 Å². The fourth-order valence-electron chi connectivity index (χ4n) is 4.96. The molecule has 0 saturated heterocycles. The SMILES string of the molecule is SS.c1ccc(-n2c3ccccc3c3c4c5ccccc5sc4c4ccccc4c32)cc1. The van der Waals surface area contributed by atoms with Crippen LogP contribution in [0.25, 0.3) is 58.4 Å². The van der Waals surface area contributed by atoms with Crippen LogP contribution in [0.2, 0.25) is 0 Å². The summed E-state index contributed by atoms with van der Waals surface area (Å²) in [6.45, 7) is 0. The first-order chi connectivity index (χ1) is 15.9. The summed E-state index contributed by atoms with van der Waals surface area (Å²) in [5, 5.41) is 8.06. The summed E-state index contributed by atoms with van der Waals surface area (Å²) in [6.07, 6.45) is 0. The molecule has 0 aliphatic rings. The largest absolute Gasteiger partial charge is 0.309 e. The van der Waals surface area contributed by atoms with Crippen molar-refractivity contribution in [3.05, 3.63) is 103 Å². The highest BCUT2D eigenvalue weighted by Gasteiger charge is 2.21. The lowest BCUT2D eigenvalue weighted by atomic mass is 10.00. The molecule has 4 heteroatoms. The average molecular weight is 466 g/mol. The fraction of sp³-hybridized carbons (Fsp3) is 0. The van der Waals surface area contributed by atoms with Gasteiger partial charge < -0.3 is 4.57 Å². The summed E-state index contributed by atoms with van der Waals surface area (Å²) < 4.78 is 5.18. The summed E-state index contributed by atoms with van der Waals surface area (Å²) in [5.41, 5.74) is 3.76. The number of thiophene rings is 1. The molecule has 0 saturated carbocycles. The summed E-state index contributed by atoms with van der Waals surface area (Å²) >= 11 is 8.35. The molecule has 2 heterocycles. The van der Waals surface area contributed by atoms with E-state index >= 15 is 0 Å². The zero-order valence-corrected chi connectivity index (χ0v) is 19.7. The highest BCUT2D eigenvalue weighted by atomic mass is 33.1. The van der Waals surface area contributed by atoms with E-state index in [1.807, 2.05) is 11.3 Å². The van der Waals surface area contributed by atoms with Gasteiger partial charge in [-0.25, -0.2) is 0 Å². The van der Waals surface area contributed by atoms with Gasteiger partial charge in [0.2, 0.25) is 0 Å². The molecule has 0 atom stereocenters. The molecule has 0 spiro atoms. The number of para-hydroxylation sites is 2. The number of hydrogen-bond donors (Lipinski definition) is 2. The van der Waals surface area contributed by atoms with Crippen molar-refractivity contribution < 1.29 is 0 Å². The molecule has 2 aromatic heterocycles. The molecule has 0 amide bonds. The van der Waals surface area contributed by atoms with Crippen molar-refractivity contribution in [3.63, 3.8) is 0 Å². The van der Waals surface area contributed by atoms with Gasteiger partial charge in [0.05, 0.1) is 11.0 Å². The first kappa shape index (κ1) is 19.7. The van der Waals surface area contributed by atoms with Crippen LogP contribution in [0, 0.1) is 0 Å². The van der Waals surface area contributed by atoms with Gasteiger partial charge in [-0.05, 0) is 24.3 Å². The molecule has 0 aliphatic heterocycles. The predicted octanol–water partition coefficient (Wildman–Crippen LogP) is 9.07. The minimum absolute atomic E-state index is 1.20. The molecular weight excluding hydrogens is 447 g/mol. The number of rotatable bonds is 1. The van der Waals surface area contributed by atoms with E-state index in [9.17, 15) is 0 Å². The molecular formula is C28H19NS3. The average Bonchev–Trinajstić information content (AvgIpc) is 3.42. The molecule has 0 unspecified atom stereocenters. The zero-order chi connectivity index (χ0) is 21.7. The van der Waals surface area contributed by atoms with Crippen molar-refractivity contribution in [3.8, 4) is 5.69 Å². The Kier molecular flexibility index (Phi) is 4.87. The standard InChI is InChI=1S/C28H17NS.H2S2/c1-2-10-18(11-3-1)29-23-16-8-6-14-21(23)25-26-22-15-7-9-17-24(22)30-28(26)20-13-5-4-12-19(20)27(25)29;1-2/h1-17H;1-2H. The third-order valence-electron chi connectivity index (χ3n) is 6.16. The van der Waals surface area contributed by atoms with Gasteiger partial charge in [0.1, 0.15) is 0 Å². The third-order valence-corrected chi connectivity index (χ3v) is 7.37. The number of aromatic nitrogens is 1. The van der Waals surface area contributed by atoms with E-state index in [1.165, 1.54) is 58.4 Å². The molecule has 32 heavy (non-hydrogen) atoms. The molecule has 0 radical (unpaired) electrons. The van der Waals surface area contributed by atoms with Crippen LogP contribution in [0.15, 0.2) is 103 Å². The zero-order valence-electron chi connectivity index (χ0n) is 17.1. The molecule has 5 aromatic carbocycles. The lowest BCUT2D eigenvalue weighted by molar-refractivity contribution is 1.19. The lowest BCUT2D eigenvalue weighted by Gasteiger charge is -2.10. The number of fused-ring (bicyclic) bond motifs is 10. The highest BCUT2D eigenvalue weighted by molar-refractivity contribution is 8.59. The smallest absolute Gasteiger partial charge is 0.0626 e. The van der Waals surface area contributed by atoms with Crippen LogP contribution < -0.4 is 0 Å². The molecule has 1 nitrogen and oxygen atoms in total. The van der Waals surface area contributed by atoms with Crippen LogP contribution in [0.5, 0.6) is 0 Å². The van der Waals surface area contributed by atoms with E-state index in [0.717, 1.165) is 0 Å². The van der Waals surface area contributed by atoms with E-state index in [2.05, 4.69) is 131 Å². The Morgan fingerprint density at radius 1 is 0.531 bits per heavy atom. The van der Waals surface area contributed by atoms with Crippen molar-refractivity contribution in [1.82, 2.24) is 4.57 Å². The van der Waals surface area contributed by atoms with Crippen LogP contribution in [0.4, 0.5) is 0 Å². The summed E-state index contributed by atoms with van der Waals surface area (Å²) in [6, 6.07) is 37.3. The van der Waals surface area contributed by atoms with E-state index in [-0.39, 0.29) is 0 Å². The summed E-state index contributed by atoms with van der Waals surface area (Å²) in [7, 11) is 0. The van der Waals surface area contributed by atoms with E-state index in [1.54, 1.807) is 0 Å². The maximum absolute atomic E-state index is 3.22. The first-order valence-electron chi connectivity index (χ1n) is 10.4. The van der Waals surface area contributed by atoms with Crippen LogP contribution in [0.3, 0.4) is 0 Å². The number of benzene rings is 5. The molecule has 0 bridgehead atoms. The minimum atomic E-state index is 1.20. The van der Waals surface area contributed by atoms with Crippen molar-refractivity contribution in [1.29, 1.82) is 0 Å². The molecule has 7 aromatic rings. The molecule has 0 N–H and O–H groups in total. The Balaban J connectivity index is 0.000000953. The number of nitrogens with zero attached hydrogens (tertiary/aromatic N) is 1. The minimum Gasteiger partial charge on any atom is -0.309 e. The Hall–Kier alpha value is -2.92. The highest BCUT2D eigenvalue weighted by Crippen LogP contribution is 2.47. The monoisotopic (exact) mass is 465 g/mol. The maximum atomic E-state index is 3.22. The Morgan fingerprint density at radius 2 is 1.12 bits per heavy atom. The van der Waals surface area contributed by atoms with Gasteiger partial charge in [-0.3, -0.25) is 0 Å². The molecule has 7 rings (SSSR count). The molecule has 154 valence electrons. The van der Waals surface area contributed by atoms with Crippen molar-refractivity contribution in [2.24, 2.45) is 0 Å². The second-order valence-electron chi connectivity index (χ2n) is 7.76. The van der Waals surface area contributed by atoms with Crippen LogP contribution >= 0.6 is 34.7 Å². The van der Waals surface area contributed by atoms with Crippen LogP contribution in [-0.2, 0) is 0 Å². The molecule has 0 aliphatic carbocycles. The van der Waals surface area contributed by atoms with Gasteiger partial charge in [-0.15, -0.1) is 34.7 Å². The Bertz CT molecular complexity index is 1740. The van der Waals surface area contributed by atoms with Crippen molar-refractivity contribution in [2.45, 2.75) is 0 Å². The first-order valence-corrected chi connectivity index (χ1v) is 12.8. The van der Waals surface area contributed by atoms with Gasteiger partial charge in [0.25, 0.3) is 0 Å². The van der Waals surface area contributed by atoms with Crippen LogP contribution in [-0.4, -0.2) is 4.57 Å². The van der Waals surface area contributed by atoms with E-state index < -0.39 is 0 Å². The maximum Gasteiger partial charge on any atom is 0.0626 e. The second kappa shape index (κ2) is 7.89. The van der Waals surface area contributed by atoms with Gasteiger partial charge in [-0.1, -0.05) is 78.9 Å². The summed E-state index contributed by atoms with van der Waals surface area (Å²) in [4.78, 5) is 0. The summed E-state index contributed by atoms with van der Waals surface area (Å²) in [5.74, 6) is 0. The third kappa shape index (κ3) is 2.73. The van der Waals surface area contributed by atoms with Crippen molar-refractivity contribution in [2.75, 3.05) is 0 Å². The molecule has 0 fully saturated rings. The van der Waals surface area contributed by atoms with E-state index in [4.69, 9.17) is 0 Å². The van der Waals surface area contributed by atoms with Gasteiger partial charge in [-0.2, -0.15) is 0 Å². The quantitative estimate of drug-likeness (QED) is 0.176. The topological polar surface area (TPSA) is 4.93 Å². The van der Waals surface area contributed by atoms with Gasteiger partial charge >= 0.3 is 0 Å². The predicted molar refractivity (Wildman–Crippen MR) is 149 cm³/mol. The van der Waals surface area contributed by atoms with Gasteiger partial charge in [0.15, 0.2) is 0 Å². The number of thiol groups is 2. The normalized spacial score (nSPS) is 11.4. The van der Waals surface area contributed by atoms with Crippen LogP contribution in [0.1, 0.15) is 0 Å². The van der Waals surface area contributed by atoms with Gasteiger partial charge in [0, 0.05) is 47.4 Å². The second-order valence-corrected chi connectivity index (χ2v) is 8.81. The lowest BCUT2D eigenvalue weighted by Crippen LogP contribution is -1.93. The van der Waals surface area contributed by atoms with E-state index in [0.29, 0.717) is 0 Å².